The smallest absolute Gasteiger partial charge is 0.402 e. The van der Waals surface area contributed by atoms with E-state index < -0.39 is 12.1 Å². The molecule has 10 heteroatoms. The zero-order valence-electron chi connectivity index (χ0n) is 19.0. The van der Waals surface area contributed by atoms with Gasteiger partial charge in [0.2, 0.25) is 0 Å². The zero-order valence-corrected chi connectivity index (χ0v) is 19.0. The second-order valence-electron chi connectivity index (χ2n) is 9.80. The molecule has 2 aromatic heterocycles. The fraction of sp³-hybridized carbons (Fsp3) is 0.652. The van der Waals surface area contributed by atoms with Gasteiger partial charge < -0.3 is 15.2 Å². The number of ether oxygens (including phenoxy) is 2. The van der Waals surface area contributed by atoms with E-state index in [4.69, 9.17) is 15.6 Å². The third-order valence-corrected chi connectivity index (χ3v) is 7.21. The van der Waals surface area contributed by atoms with Crippen LogP contribution in [-0.4, -0.2) is 57.9 Å². The van der Waals surface area contributed by atoms with Crippen molar-refractivity contribution in [3.05, 3.63) is 24.0 Å². The second kappa shape index (κ2) is 8.16. The highest BCUT2D eigenvalue weighted by Crippen LogP contribution is 2.64. The number of halogens is 3. The lowest BCUT2D eigenvalue weighted by atomic mass is 10.0. The Balaban J connectivity index is 1.35. The number of hydrogen-bond donors (Lipinski definition) is 1. The van der Waals surface area contributed by atoms with E-state index >= 15 is 0 Å². The van der Waals surface area contributed by atoms with Crippen LogP contribution in [0.15, 0.2) is 18.3 Å². The Morgan fingerprint density at radius 1 is 1.21 bits per heavy atom. The summed E-state index contributed by atoms with van der Waals surface area (Å²) < 4.78 is 49.9. The highest BCUT2D eigenvalue weighted by Gasteiger charge is 2.58. The maximum Gasteiger partial charge on any atom is 0.573 e. The van der Waals surface area contributed by atoms with Crippen molar-refractivity contribution in [2.75, 3.05) is 25.4 Å². The molecule has 5 rings (SSSR count). The van der Waals surface area contributed by atoms with E-state index in [0.29, 0.717) is 35.1 Å². The van der Waals surface area contributed by atoms with Crippen LogP contribution in [0.5, 0.6) is 5.75 Å². The molecule has 2 aliphatic carbocycles. The number of nitrogens with zero attached hydrogens (tertiary/aromatic N) is 4. The first-order valence-electron chi connectivity index (χ1n) is 11.6. The fourth-order valence-electron chi connectivity index (χ4n) is 5.74. The van der Waals surface area contributed by atoms with Gasteiger partial charge >= 0.3 is 6.36 Å². The molecular formula is C23H30F3N5O2. The molecule has 0 amide bonds. The van der Waals surface area contributed by atoms with Gasteiger partial charge in [-0.1, -0.05) is 0 Å². The van der Waals surface area contributed by atoms with Gasteiger partial charge in [0.15, 0.2) is 11.6 Å². The minimum absolute atomic E-state index is 0.138. The summed E-state index contributed by atoms with van der Waals surface area (Å²) in [5.41, 5.74) is 7.78. The highest BCUT2D eigenvalue weighted by atomic mass is 19.4. The van der Waals surface area contributed by atoms with E-state index in [1.54, 1.807) is 0 Å². The lowest BCUT2D eigenvalue weighted by molar-refractivity contribution is -0.274. The van der Waals surface area contributed by atoms with Crippen molar-refractivity contribution < 1.29 is 22.6 Å². The van der Waals surface area contributed by atoms with Gasteiger partial charge in [0, 0.05) is 48.5 Å². The van der Waals surface area contributed by atoms with Crippen LogP contribution in [0.25, 0.3) is 11.3 Å². The standard InChI is InChI=1S/C23H30F3N5O2/c1-12(2)31-19(21-16-7-15(8-17(16)21)30-4-5-32-13(3)11-30)9-18(29-31)14-6-20(22(27)28-10-14)33-23(24,25)26/h6,9-10,12-13,15-17,21H,4-5,7-8,11H2,1-3H3,(H2,27,28)/t13-,15-,16+,17-,21-/m1/s1. The molecule has 0 bridgehead atoms. The third kappa shape index (κ3) is 4.42. The first-order chi connectivity index (χ1) is 15.6. The van der Waals surface area contributed by atoms with Gasteiger partial charge in [0.1, 0.15) is 0 Å². The van der Waals surface area contributed by atoms with Crippen LogP contribution in [0.3, 0.4) is 0 Å². The van der Waals surface area contributed by atoms with Crippen molar-refractivity contribution in [2.24, 2.45) is 11.8 Å². The predicted octanol–water partition coefficient (Wildman–Crippen LogP) is 4.22. The van der Waals surface area contributed by atoms with Crippen LogP contribution in [0, 0.1) is 11.8 Å². The first-order valence-corrected chi connectivity index (χ1v) is 11.6. The van der Waals surface area contributed by atoms with Gasteiger partial charge in [-0.3, -0.25) is 9.58 Å². The molecule has 7 nitrogen and oxygen atoms in total. The highest BCUT2D eigenvalue weighted by molar-refractivity contribution is 5.64. The Morgan fingerprint density at radius 2 is 1.94 bits per heavy atom. The van der Waals surface area contributed by atoms with E-state index in [0.717, 1.165) is 25.4 Å². The summed E-state index contributed by atoms with van der Waals surface area (Å²) >= 11 is 0. The average molecular weight is 466 g/mol. The minimum Gasteiger partial charge on any atom is -0.402 e. The van der Waals surface area contributed by atoms with Gasteiger partial charge in [-0.15, -0.1) is 13.2 Å². The topological polar surface area (TPSA) is 78.4 Å². The normalized spacial score (nSPS) is 30.0. The van der Waals surface area contributed by atoms with Crippen molar-refractivity contribution in [3.8, 4) is 17.0 Å². The first kappa shape index (κ1) is 22.5. The van der Waals surface area contributed by atoms with Crippen molar-refractivity contribution in [1.82, 2.24) is 19.7 Å². The SMILES string of the molecule is CC(C)n1nc(-c2cnc(N)c(OC(F)(F)F)c2)cc1[C@H]1[C@@H]2C[C@H](N3CCO[C@H](C)C3)C[C@@H]21. The largest absolute Gasteiger partial charge is 0.573 e. The van der Waals surface area contributed by atoms with E-state index in [9.17, 15) is 13.2 Å². The second-order valence-corrected chi connectivity index (χ2v) is 9.80. The molecule has 1 aliphatic heterocycles. The molecular weight excluding hydrogens is 435 g/mol. The van der Waals surface area contributed by atoms with Gasteiger partial charge in [0.25, 0.3) is 0 Å². The van der Waals surface area contributed by atoms with Crippen LogP contribution in [-0.2, 0) is 4.74 Å². The molecule has 2 aromatic rings. The predicted molar refractivity (Wildman–Crippen MR) is 117 cm³/mol. The molecule has 33 heavy (non-hydrogen) atoms. The molecule has 3 aliphatic rings. The molecule has 3 heterocycles. The monoisotopic (exact) mass is 465 g/mol. The molecule has 0 aromatic carbocycles. The average Bonchev–Trinajstić information content (AvgIpc) is 3.09. The summed E-state index contributed by atoms with van der Waals surface area (Å²) in [4.78, 5) is 6.47. The Bertz CT molecular complexity index is 1010. The quantitative estimate of drug-likeness (QED) is 0.713. The van der Waals surface area contributed by atoms with E-state index in [1.807, 2.05) is 10.7 Å². The van der Waals surface area contributed by atoms with Crippen molar-refractivity contribution >= 4 is 5.82 Å². The molecule has 5 atom stereocenters. The van der Waals surface area contributed by atoms with Gasteiger partial charge in [0.05, 0.1) is 18.4 Å². The Kier molecular flexibility index (Phi) is 5.55. The Morgan fingerprint density at radius 3 is 2.58 bits per heavy atom. The summed E-state index contributed by atoms with van der Waals surface area (Å²) in [6.45, 7) is 9.06. The van der Waals surface area contributed by atoms with Crippen LogP contribution >= 0.6 is 0 Å². The van der Waals surface area contributed by atoms with Gasteiger partial charge in [-0.25, -0.2) is 4.98 Å². The van der Waals surface area contributed by atoms with Crippen molar-refractivity contribution in [1.29, 1.82) is 0 Å². The number of fused-ring (bicyclic) bond motifs is 1. The number of rotatable bonds is 5. The number of pyridine rings is 1. The molecule has 180 valence electrons. The lowest BCUT2D eigenvalue weighted by Gasteiger charge is -2.36. The van der Waals surface area contributed by atoms with Crippen LogP contribution < -0.4 is 10.5 Å². The van der Waals surface area contributed by atoms with Crippen LogP contribution in [0.4, 0.5) is 19.0 Å². The van der Waals surface area contributed by atoms with Crippen molar-refractivity contribution in [2.45, 2.75) is 64.1 Å². The van der Waals surface area contributed by atoms with Crippen LogP contribution in [0.2, 0.25) is 0 Å². The number of anilines is 1. The number of alkyl halides is 3. The zero-order chi connectivity index (χ0) is 23.5. The Hall–Kier alpha value is -2.33. The molecule has 3 fully saturated rings. The number of aromatic nitrogens is 3. The summed E-state index contributed by atoms with van der Waals surface area (Å²) in [5.74, 6) is 0.884. The Labute approximate surface area is 191 Å². The number of nitrogens with two attached hydrogens (primary N) is 1. The minimum atomic E-state index is -4.84. The summed E-state index contributed by atoms with van der Waals surface area (Å²) in [7, 11) is 0. The fourth-order valence-corrected chi connectivity index (χ4v) is 5.74. The van der Waals surface area contributed by atoms with Gasteiger partial charge in [-0.05, 0) is 57.6 Å². The van der Waals surface area contributed by atoms with Crippen LogP contribution in [0.1, 0.15) is 51.3 Å². The third-order valence-electron chi connectivity index (χ3n) is 7.21. The molecule has 0 radical (unpaired) electrons. The number of nitrogen functional groups attached to an aromatic ring is 1. The maximum atomic E-state index is 12.7. The van der Waals surface area contributed by atoms with E-state index in [2.05, 4.69) is 35.4 Å². The van der Waals surface area contributed by atoms with E-state index in [1.165, 1.54) is 25.1 Å². The molecule has 1 saturated heterocycles. The molecule has 2 saturated carbocycles. The summed E-state index contributed by atoms with van der Waals surface area (Å²) in [6, 6.07) is 4.01. The molecule has 0 unspecified atom stereocenters. The van der Waals surface area contributed by atoms with Crippen molar-refractivity contribution in [3.63, 3.8) is 0 Å². The maximum absolute atomic E-state index is 12.7. The van der Waals surface area contributed by atoms with Gasteiger partial charge in [-0.2, -0.15) is 5.10 Å². The number of hydrogen-bond acceptors (Lipinski definition) is 6. The summed E-state index contributed by atoms with van der Waals surface area (Å²) in [5, 5.41) is 4.73. The molecule has 0 spiro atoms. The number of morpholine rings is 1. The van der Waals surface area contributed by atoms with E-state index in [-0.39, 0.29) is 18.0 Å². The lowest BCUT2D eigenvalue weighted by Crippen LogP contribution is -2.46. The molecule has 2 N–H and O–H groups in total. The summed E-state index contributed by atoms with van der Waals surface area (Å²) in [6.07, 6.45) is -0.756.